The first-order valence-corrected chi connectivity index (χ1v) is 8.72. The van der Waals surface area contributed by atoms with Gasteiger partial charge in [0, 0.05) is 17.7 Å². The fraction of sp³-hybridized carbons (Fsp3) is 0.0455. The van der Waals surface area contributed by atoms with Gasteiger partial charge < -0.3 is 5.32 Å². The summed E-state index contributed by atoms with van der Waals surface area (Å²) in [7, 11) is 0. The van der Waals surface area contributed by atoms with Crippen LogP contribution in [0, 0.1) is 5.82 Å². The molecule has 138 valence electrons. The topological polar surface area (TPSA) is 64.0 Å². The summed E-state index contributed by atoms with van der Waals surface area (Å²) < 4.78 is 15.1. The van der Waals surface area contributed by atoms with Gasteiger partial charge in [-0.15, -0.1) is 0 Å². The number of fused-ring (bicyclic) bond motifs is 1. The van der Waals surface area contributed by atoms with E-state index in [0.717, 1.165) is 0 Å². The van der Waals surface area contributed by atoms with E-state index < -0.39 is 0 Å². The molecule has 0 aliphatic heterocycles. The van der Waals surface area contributed by atoms with E-state index in [1.54, 1.807) is 36.4 Å². The lowest BCUT2D eigenvalue weighted by atomic mass is 10.1. The van der Waals surface area contributed by atoms with Crippen molar-refractivity contribution in [3.05, 3.63) is 106 Å². The Morgan fingerprint density at radius 3 is 2.54 bits per heavy atom. The number of hydrogen-bond acceptors (Lipinski definition) is 3. The van der Waals surface area contributed by atoms with Crippen LogP contribution in [0.25, 0.3) is 16.6 Å². The fourth-order valence-electron chi connectivity index (χ4n) is 2.95. The SMILES string of the molecule is O=C(NCc1ccccc1F)c1ccc2c(=O)n(-c3ccccc3)cnc2c1. The normalized spacial score (nSPS) is 10.8. The van der Waals surface area contributed by atoms with E-state index in [1.165, 1.54) is 17.0 Å². The van der Waals surface area contributed by atoms with Crippen LogP contribution in [0.3, 0.4) is 0 Å². The maximum absolute atomic E-state index is 13.7. The number of halogens is 1. The summed E-state index contributed by atoms with van der Waals surface area (Å²) in [6.07, 6.45) is 1.45. The minimum Gasteiger partial charge on any atom is -0.348 e. The molecule has 5 nitrogen and oxygen atoms in total. The Bertz CT molecular complexity index is 1220. The third-order valence-corrected chi connectivity index (χ3v) is 4.45. The second-order valence-corrected chi connectivity index (χ2v) is 6.26. The van der Waals surface area contributed by atoms with E-state index in [9.17, 15) is 14.0 Å². The maximum atomic E-state index is 13.7. The molecule has 0 atom stereocenters. The van der Waals surface area contributed by atoms with Crippen molar-refractivity contribution in [2.75, 3.05) is 0 Å². The number of amides is 1. The Labute approximate surface area is 160 Å². The molecule has 6 heteroatoms. The van der Waals surface area contributed by atoms with Crippen LogP contribution in [0.15, 0.2) is 83.9 Å². The predicted octanol–water partition coefficient (Wildman–Crippen LogP) is 3.45. The van der Waals surface area contributed by atoms with E-state index in [4.69, 9.17) is 0 Å². The zero-order valence-corrected chi connectivity index (χ0v) is 14.8. The Hall–Kier alpha value is -3.80. The molecule has 1 heterocycles. The zero-order chi connectivity index (χ0) is 19.5. The van der Waals surface area contributed by atoms with Crippen LogP contribution in [0.2, 0.25) is 0 Å². The highest BCUT2D eigenvalue weighted by Gasteiger charge is 2.11. The van der Waals surface area contributed by atoms with Crippen LogP contribution in [0.5, 0.6) is 0 Å². The molecule has 0 bridgehead atoms. The van der Waals surface area contributed by atoms with Crippen molar-refractivity contribution in [3.8, 4) is 5.69 Å². The van der Waals surface area contributed by atoms with Gasteiger partial charge in [0.05, 0.1) is 16.6 Å². The molecule has 4 rings (SSSR count). The minimum atomic E-state index is -0.371. The van der Waals surface area contributed by atoms with Crippen molar-refractivity contribution in [3.63, 3.8) is 0 Å². The molecule has 4 aromatic rings. The van der Waals surface area contributed by atoms with Gasteiger partial charge in [-0.05, 0) is 36.4 Å². The molecule has 0 aliphatic carbocycles. The highest BCUT2D eigenvalue weighted by atomic mass is 19.1. The molecule has 28 heavy (non-hydrogen) atoms. The Morgan fingerprint density at radius 1 is 1.00 bits per heavy atom. The number of hydrogen-bond donors (Lipinski definition) is 1. The summed E-state index contributed by atoms with van der Waals surface area (Å²) in [5.41, 5.74) is 1.69. The quantitative estimate of drug-likeness (QED) is 0.596. The first-order valence-electron chi connectivity index (χ1n) is 8.72. The van der Waals surface area contributed by atoms with Crippen LogP contribution >= 0.6 is 0 Å². The molecule has 0 aliphatic rings. The first kappa shape index (κ1) is 17.6. The van der Waals surface area contributed by atoms with Gasteiger partial charge >= 0.3 is 0 Å². The Balaban J connectivity index is 1.60. The lowest BCUT2D eigenvalue weighted by Gasteiger charge is -2.09. The van der Waals surface area contributed by atoms with Crippen LogP contribution in [-0.2, 0) is 6.54 Å². The van der Waals surface area contributed by atoms with E-state index in [2.05, 4.69) is 10.3 Å². The maximum Gasteiger partial charge on any atom is 0.265 e. The molecule has 0 radical (unpaired) electrons. The van der Waals surface area contributed by atoms with Crippen molar-refractivity contribution in [2.24, 2.45) is 0 Å². The number of para-hydroxylation sites is 1. The van der Waals surface area contributed by atoms with E-state index in [-0.39, 0.29) is 23.8 Å². The number of nitrogens with zero attached hydrogens (tertiary/aromatic N) is 2. The van der Waals surface area contributed by atoms with E-state index in [1.807, 2.05) is 30.3 Å². The van der Waals surface area contributed by atoms with E-state index >= 15 is 0 Å². The Kier molecular flexibility index (Phi) is 4.68. The molecule has 0 saturated heterocycles. The van der Waals surface area contributed by atoms with Crippen molar-refractivity contribution < 1.29 is 9.18 Å². The molecule has 0 fully saturated rings. The summed E-state index contributed by atoms with van der Waals surface area (Å²) in [5, 5.41) is 3.10. The number of aromatic nitrogens is 2. The number of carbonyl (C=O) groups is 1. The third kappa shape index (κ3) is 3.40. The molecule has 3 aromatic carbocycles. The lowest BCUT2D eigenvalue weighted by molar-refractivity contribution is 0.0950. The van der Waals surface area contributed by atoms with Crippen molar-refractivity contribution in [1.29, 1.82) is 0 Å². The van der Waals surface area contributed by atoms with Crippen LogP contribution in [0.4, 0.5) is 4.39 Å². The van der Waals surface area contributed by atoms with Crippen molar-refractivity contribution >= 4 is 16.8 Å². The molecular weight excluding hydrogens is 357 g/mol. The molecular formula is C22H16FN3O2. The number of nitrogens with one attached hydrogen (secondary N) is 1. The number of benzene rings is 3. The van der Waals surface area contributed by atoms with Gasteiger partial charge in [0.2, 0.25) is 0 Å². The van der Waals surface area contributed by atoms with Crippen LogP contribution in [0.1, 0.15) is 15.9 Å². The lowest BCUT2D eigenvalue weighted by Crippen LogP contribution is -2.24. The second-order valence-electron chi connectivity index (χ2n) is 6.26. The smallest absolute Gasteiger partial charge is 0.265 e. The molecule has 1 aromatic heterocycles. The molecule has 1 N–H and O–H groups in total. The first-order chi connectivity index (χ1) is 13.6. The Morgan fingerprint density at radius 2 is 1.75 bits per heavy atom. The highest BCUT2D eigenvalue weighted by Crippen LogP contribution is 2.13. The summed E-state index contributed by atoms with van der Waals surface area (Å²) in [5.74, 6) is -0.733. The van der Waals surface area contributed by atoms with Gasteiger partial charge in [0.1, 0.15) is 12.1 Å². The van der Waals surface area contributed by atoms with Crippen molar-refractivity contribution in [1.82, 2.24) is 14.9 Å². The zero-order valence-electron chi connectivity index (χ0n) is 14.8. The van der Waals surface area contributed by atoms with Gasteiger partial charge in [0.15, 0.2) is 0 Å². The summed E-state index contributed by atoms with van der Waals surface area (Å²) >= 11 is 0. The fourth-order valence-corrected chi connectivity index (χ4v) is 2.95. The van der Waals surface area contributed by atoms with Crippen molar-refractivity contribution in [2.45, 2.75) is 6.54 Å². The van der Waals surface area contributed by atoms with Gasteiger partial charge in [-0.1, -0.05) is 36.4 Å². The van der Waals surface area contributed by atoms with Gasteiger partial charge in [-0.25, -0.2) is 9.37 Å². The summed E-state index contributed by atoms with van der Waals surface area (Å²) in [6, 6.07) is 20.2. The van der Waals surface area contributed by atoms with E-state index in [0.29, 0.717) is 27.7 Å². The second kappa shape index (κ2) is 7.44. The predicted molar refractivity (Wildman–Crippen MR) is 105 cm³/mol. The van der Waals surface area contributed by atoms with Gasteiger partial charge in [-0.3, -0.25) is 14.2 Å². The monoisotopic (exact) mass is 373 g/mol. The van der Waals surface area contributed by atoms with Gasteiger partial charge in [0.25, 0.3) is 11.5 Å². The molecule has 0 unspecified atom stereocenters. The summed E-state index contributed by atoms with van der Waals surface area (Å²) in [6.45, 7) is 0.0760. The molecule has 0 saturated carbocycles. The molecule has 1 amide bonds. The average molecular weight is 373 g/mol. The third-order valence-electron chi connectivity index (χ3n) is 4.45. The average Bonchev–Trinajstić information content (AvgIpc) is 2.73. The van der Waals surface area contributed by atoms with Crippen LogP contribution in [-0.4, -0.2) is 15.5 Å². The van der Waals surface area contributed by atoms with Crippen LogP contribution < -0.4 is 10.9 Å². The number of carbonyl (C=O) groups excluding carboxylic acids is 1. The largest absolute Gasteiger partial charge is 0.348 e. The minimum absolute atomic E-state index is 0.0760. The molecule has 0 spiro atoms. The summed E-state index contributed by atoms with van der Waals surface area (Å²) in [4.78, 5) is 29.5. The highest BCUT2D eigenvalue weighted by molar-refractivity contribution is 5.97. The van der Waals surface area contributed by atoms with Gasteiger partial charge in [-0.2, -0.15) is 0 Å². The standard InChI is InChI=1S/C22H16FN3O2/c23-19-9-5-4-6-16(19)13-24-21(27)15-10-11-18-20(12-15)25-14-26(22(18)28)17-7-2-1-3-8-17/h1-12,14H,13H2,(H,24,27). The number of rotatable bonds is 4.